The highest BCUT2D eigenvalue weighted by Crippen LogP contribution is 2.28. The van der Waals surface area contributed by atoms with Crippen molar-refractivity contribution in [2.75, 3.05) is 0 Å². The van der Waals surface area contributed by atoms with E-state index >= 15 is 0 Å². The maximum absolute atomic E-state index is 11.6. The normalized spacial score (nSPS) is 10.1. The molecular weight excluding hydrogens is 216 g/mol. The maximum atomic E-state index is 11.6. The number of aryl methyl sites for hydroxylation is 1. The van der Waals surface area contributed by atoms with Gasteiger partial charge in [-0.05, 0) is 30.7 Å². The van der Waals surface area contributed by atoms with E-state index in [-0.39, 0.29) is 5.78 Å². The van der Waals surface area contributed by atoms with Gasteiger partial charge in [-0.15, -0.1) is 17.9 Å². The van der Waals surface area contributed by atoms with Crippen LogP contribution in [0, 0.1) is 6.92 Å². The van der Waals surface area contributed by atoms with Crippen molar-refractivity contribution in [2.45, 2.75) is 26.2 Å². The first-order valence-electron chi connectivity index (χ1n) is 4.54. The van der Waals surface area contributed by atoms with Crippen molar-refractivity contribution in [2.24, 2.45) is 0 Å². The molecule has 14 heavy (non-hydrogen) atoms. The molecule has 0 aliphatic rings. The minimum atomic E-state index is 0.148. The molecule has 1 heterocycles. The number of allylic oxidation sites excluding steroid dienone is 1. The summed E-state index contributed by atoms with van der Waals surface area (Å²) in [5, 5.41) is 2.54. The van der Waals surface area contributed by atoms with Gasteiger partial charge in [0.2, 0.25) is 0 Å². The Kier molecular flexibility index (Phi) is 4.36. The molecule has 76 valence electrons. The van der Waals surface area contributed by atoms with Gasteiger partial charge in [-0.1, -0.05) is 17.7 Å². The number of unbranched alkanes of at least 4 members (excludes halogenated alkanes) is 1. The molecule has 1 rings (SSSR count). The lowest BCUT2D eigenvalue weighted by molar-refractivity contribution is 0.0984. The molecular formula is C11H13ClOS. The summed E-state index contributed by atoms with van der Waals surface area (Å²) in [5.74, 6) is 0.148. The SMILES string of the molecule is C=CCCCC(=O)c1scc(C)c1Cl. The molecule has 0 aliphatic heterocycles. The Bertz CT molecular complexity index is 341. The van der Waals surface area contributed by atoms with Crippen molar-refractivity contribution in [3.05, 3.63) is 33.5 Å². The number of ketones is 1. The summed E-state index contributed by atoms with van der Waals surface area (Å²) in [6.07, 6.45) is 4.13. The second-order valence-corrected chi connectivity index (χ2v) is 4.42. The predicted molar refractivity (Wildman–Crippen MR) is 62.4 cm³/mol. The lowest BCUT2D eigenvalue weighted by atomic mass is 10.1. The minimum Gasteiger partial charge on any atom is -0.293 e. The Hall–Kier alpha value is -0.600. The molecule has 3 heteroatoms. The van der Waals surface area contributed by atoms with Gasteiger partial charge in [-0.3, -0.25) is 4.79 Å². The van der Waals surface area contributed by atoms with Crippen molar-refractivity contribution < 1.29 is 4.79 Å². The fourth-order valence-electron chi connectivity index (χ4n) is 1.14. The smallest absolute Gasteiger partial charge is 0.174 e. The summed E-state index contributed by atoms with van der Waals surface area (Å²) in [6.45, 7) is 5.53. The molecule has 0 saturated heterocycles. The van der Waals surface area contributed by atoms with Gasteiger partial charge in [-0.2, -0.15) is 0 Å². The largest absolute Gasteiger partial charge is 0.293 e. The number of hydrogen-bond acceptors (Lipinski definition) is 2. The van der Waals surface area contributed by atoms with E-state index in [0.29, 0.717) is 16.3 Å². The van der Waals surface area contributed by atoms with Crippen LogP contribution in [0.3, 0.4) is 0 Å². The zero-order valence-corrected chi connectivity index (χ0v) is 9.75. The van der Waals surface area contributed by atoms with Crippen LogP contribution >= 0.6 is 22.9 Å². The van der Waals surface area contributed by atoms with Gasteiger partial charge < -0.3 is 0 Å². The van der Waals surface area contributed by atoms with Gasteiger partial charge in [-0.25, -0.2) is 0 Å². The molecule has 0 saturated carbocycles. The van der Waals surface area contributed by atoms with E-state index in [1.165, 1.54) is 11.3 Å². The van der Waals surface area contributed by atoms with Crippen molar-refractivity contribution in [1.29, 1.82) is 0 Å². The van der Waals surface area contributed by atoms with E-state index in [2.05, 4.69) is 6.58 Å². The number of hydrogen-bond donors (Lipinski definition) is 0. The topological polar surface area (TPSA) is 17.1 Å². The average molecular weight is 229 g/mol. The lowest BCUT2D eigenvalue weighted by Crippen LogP contribution is -1.96. The minimum absolute atomic E-state index is 0.148. The molecule has 1 aromatic rings. The lowest BCUT2D eigenvalue weighted by Gasteiger charge is -1.97. The van der Waals surface area contributed by atoms with Gasteiger partial charge in [0, 0.05) is 6.42 Å². The third kappa shape index (κ3) is 2.69. The van der Waals surface area contributed by atoms with Crippen LogP contribution in [0.25, 0.3) is 0 Å². The molecule has 0 fully saturated rings. The molecule has 0 radical (unpaired) electrons. The van der Waals surface area contributed by atoms with Gasteiger partial charge in [0.25, 0.3) is 0 Å². The highest BCUT2D eigenvalue weighted by molar-refractivity contribution is 7.13. The highest BCUT2D eigenvalue weighted by atomic mass is 35.5. The maximum Gasteiger partial charge on any atom is 0.174 e. The van der Waals surface area contributed by atoms with Crippen LogP contribution in [0.1, 0.15) is 34.5 Å². The molecule has 0 spiro atoms. The van der Waals surface area contributed by atoms with E-state index in [1.54, 1.807) is 0 Å². The van der Waals surface area contributed by atoms with Gasteiger partial charge in [0.1, 0.15) is 0 Å². The summed E-state index contributed by atoms with van der Waals surface area (Å²) in [5.41, 5.74) is 0.990. The quantitative estimate of drug-likeness (QED) is 0.418. The summed E-state index contributed by atoms with van der Waals surface area (Å²) in [4.78, 5) is 12.3. The van der Waals surface area contributed by atoms with Crippen LogP contribution in [0.5, 0.6) is 0 Å². The number of carbonyl (C=O) groups is 1. The third-order valence-corrected chi connectivity index (χ3v) is 3.70. The molecule has 0 atom stereocenters. The molecule has 0 N–H and O–H groups in total. The van der Waals surface area contributed by atoms with Crippen LogP contribution in [0.15, 0.2) is 18.0 Å². The Morgan fingerprint density at radius 1 is 1.71 bits per heavy atom. The van der Waals surface area contributed by atoms with Crippen LogP contribution < -0.4 is 0 Å². The third-order valence-electron chi connectivity index (χ3n) is 1.96. The van der Waals surface area contributed by atoms with Crippen molar-refractivity contribution >= 4 is 28.7 Å². The zero-order chi connectivity index (χ0) is 10.6. The summed E-state index contributed by atoms with van der Waals surface area (Å²) in [6, 6.07) is 0. The zero-order valence-electron chi connectivity index (χ0n) is 8.18. The number of Topliss-reactive ketones (excluding diaryl/α,β-unsaturated/α-hetero) is 1. The molecule has 1 aromatic heterocycles. The van der Waals surface area contributed by atoms with E-state index < -0.39 is 0 Å². The van der Waals surface area contributed by atoms with Crippen molar-refractivity contribution in [3.8, 4) is 0 Å². The average Bonchev–Trinajstić information content (AvgIpc) is 2.48. The Balaban J connectivity index is 2.61. The number of halogens is 1. The fraction of sp³-hybridized carbons (Fsp3) is 0.364. The Labute approximate surface area is 93.4 Å². The molecule has 0 bridgehead atoms. The molecule has 0 aromatic carbocycles. The van der Waals surface area contributed by atoms with Crippen molar-refractivity contribution in [3.63, 3.8) is 0 Å². The Morgan fingerprint density at radius 3 is 2.93 bits per heavy atom. The molecule has 0 unspecified atom stereocenters. The fourth-order valence-corrected chi connectivity index (χ4v) is 2.41. The number of thiophene rings is 1. The number of rotatable bonds is 5. The highest BCUT2D eigenvalue weighted by Gasteiger charge is 2.13. The van der Waals surface area contributed by atoms with Crippen LogP contribution in [-0.2, 0) is 0 Å². The van der Waals surface area contributed by atoms with E-state index in [1.807, 2.05) is 18.4 Å². The van der Waals surface area contributed by atoms with E-state index in [4.69, 9.17) is 11.6 Å². The first-order chi connectivity index (χ1) is 6.66. The molecule has 1 nitrogen and oxygen atoms in total. The second-order valence-electron chi connectivity index (χ2n) is 3.17. The van der Waals surface area contributed by atoms with Gasteiger partial charge in [0.15, 0.2) is 5.78 Å². The van der Waals surface area contributed by atoms with Crippen molar-refractivity contribution in [1.82, 2.24) is 0 Å². The van der Waals surface area contributed by atoms with E-state index in [0.717, 1.165) is 18.4 Å². The Morgan fingerprint density at radius 2 is 2.43 bits per heavy atom. The molecule has 0 aliphatic carbocycles. The molecule has 0 amide bonds. The number of carbonyl (C=O) groups excluding carboxylic acids is 1. The van der Waals surface area contributed by atoms with Gasteiger partial charge in [0.05, 0.1) is 9.90 Å². The van der Waals surface area contributed by atoms with Crippen LogP contribution in [0.2, 0.25) is 5.02 Å². The summed E-state index contributed by atoms with van der Waals surface area (Å²) in [7, 11) is 0. The van der Waals surface area contributed by atoms with E-state index in [9.17, 15) is 4.79 Å². The van der Waals surface area contributed by atoms with Crippen LogP contribution in [0.4, 0.5) is 0 Å². The van der Waals surface area contributed by atoms with Gasteiger partial charge >= 0.3 is 0 Å². The predicted octanol–water partition coefficient (Wildman–Crippen LogP) is 4.25. The summed E-state index contributed by atoms with van der Waals surface area (Å²) >= 11 is 7.42. The first-order valence-corrected chi connectivity index (χ1v) is 5.80. The second kappa shape index (κ2) is 5.32. The van der Waals surface area contributed by atoms with Crippen LogP contribution in [-0.4, -0.2) is 5.78 Å². The summed E-state index contributed by atoms with van der Waals surface area (Å²) < 4.78 is 0. The standard InChI is InChI=1S/C11H13ClOS/c1-3-4-5-6-9(13)11-10(12)8(2)7-14-11/h3,7H,1,4-6H2,2H3. The first kappa shape index (κ1) is 11.5. The monoisotopic (exact) mass is 228 g/mol.